The summed E-state index contributed by atoms with van der Waals surface area (Å²) < 4.78 is 6.14. The van der Waals surface area contributed by atoms with Crippen molar-refractivity contribution < 1.29 is 14.6 Å². The van der Waals surface area contributed by atoms with Gasteiger partial charge in [0.15, 0.2) is 0 Å². The van der Waals surface area contributed by atoms with Crippen LogP contribution in [0.5, 0.6) is 5.75 Å². The van der Waals surface area contributed by atoms with Gasteiger partial charge in [0.05, 0.1) is 12.8 Å². The number of carbonyl (C=O) groups is 1. The van der Waals surface area contributed by atoms with Crippen LogP contribution in [0, 0.1) is 6.92 Å². The van der Waals surface area contributed by atoms with Crippen LogP contribution in [0.1, 0.15) is 15.9 Å². The predicted octanol–water partition coefficient (Wildman–Crippen LogP) is 0.541. The van der Waals surface area contributed by atoms with Crippen molar-refractivity contribution >= 4 is 5.97 Å². The van der Waals surface area contributed by atoms with Crippen LogP contribution < -0.4 is 16.0 Å². The highest BCUT2D eigenvalue weighted by Crippen LogP contribution is 2.19. The van der Waals surface area contributed by atoms with Gasteiger partial charge in [0.2, 0.25) is 0 Å². The van der Waals surface area contributed by atoms with Crippen molar-refractivity contribution in [1.29, 1.82) is 0 Å². The molecule has 0 spiro atoms. The van der Waals surface area contributed by atoms with E-state index in [2.05, 4.69) is 0 Å². The number of aromatic carboxylic acids is 1. The Balaban J connectivity index is 2.70. The lowest BCUT2D eigenvalue weighted by molar-refractivity contribution is 0.0694. The summed E-state index contributed by atoms with van der Waals surface area (Å²) in [4.78, 5) is 36.1. The van der Waals surface area contributed by atoms with Gasteiger partial charge < -0.3 is 9.84 Å². The molecule has 0 atom stereocenters. The number of hydrogen-bond acceptors (Lipinski definition) is 4. The Morgan fingerprint density at radius 1 is 1.35 bits per heavy atom. The average Bonchev–Trinajstić information content (AvgIpc) is 2.39. The van der Waals surface area contributed by atoms with E-state index >= 15 is 0 Å². The Bertz CT molecular complexity index is 788. The van der Waals surface area contributed by atoms with Gasteiger partial charge in [0.25, 0.3) is 5.56 Å². The summed E-state index contributed by atoms with van der Waals surface area (Å²) >= 11 is 0. The fourth-order valence-corrected chi connectivity index (χ4v) is 1.83. The van der Waals surface area contributed by atoms with E-state index in [1.807, 2.05) is 4.98 Å². The van der Waals surface area contributed by atoms with E-state index in [0.717, 1.165) is 10.8 Å². The molecule has 0 amide bonds. The number of carboxylic acid groups (broad SMARTS) is 1. The maximum absolute atomic E-state index is 11.8. The Kier molecular flexibility index (Phi) is 3.43. The number of methoxy groups -OCH3 is 1. The van der Waals surface area contributed by atoms with Gasteiger partial charge in [-0.1, -0.05) is 0 Å². The smallest absolute Gasteiger partial charge is 0.342 e. The molecule has 2 rings (SSSR count). The molecule has 7 nitrogen and oxygen atoms in total. The van der Waals surface area contributed by atoms with Gasteiger partial charge in [-0.15, -0.1) is 0 Å². The Hall–Kier alpha value is -2.83. The molecular weight excluding hydrogens is 264 g/mol. The van der Waals surface area contributed by atoms with E-state index < -0.39 is 22.8 Å². The average molecular weight is 276 g/mol. The molecule has 2 N–H and O–H groups in total. The predicted molar refractivity (Wildman–Crippen MR) is 70.9 cm³/mol. The number of aromatic amines is 1. The lowest BCUT2D eigenvalue weighted by atomic mass is 10.2. The van der Waals surface area contributed by atoms with E-state index in [0.29, 0.717) is 17.0 Å². The fraction of sp³-hybridized carbons (Fsp3) is 0.154. The van der Waals surface area contributed by atoms with Gasteiger partial charge in [0, 0.05) is 6.20 Å². The van der Waals surface area contributed by atoms with Crippen molar-refractivity contribution in [3.05, 3.63) is 56.4 Å². The summed E-state index contributed by atoms with van der Waals surface area (Å²) in [5.74, 6) is -0.784. The maximum Gasteiger partial charge on any atom is 0.342 e. The van der Waals surface area contributed by atoms with Gasteiger partial charge in [-0.3, -0.25) is 14.3 Å². The van der Waals surface area contributed by atoms with Gasteiger partial charge in [-0.05, 0) is 30.7 Å². The SMILES string of the molecule is COc1ccc(-n2cc(C(=O)O)c(=O)[nH]c2=O)c(C)c1. The molecule has 0 saturated carbocycles. The standard InChI is InChI=1S/C13H12N2O5/c1-7-5-8(20-2)3-4-10(7)15-6-9(12(17)18)11(16)14-13(15)19/h3-6H,1-2H3,(H,17,18)(H,14,16,19). The Labute approximate surface area is 113 Å². The number of benzene rings is 1. The summed E-state index contributed by atoms with van der Waals surface area (Å²) in [7, 11) is 1.52. The molecule has 0 radical (unpaired) electrons. The number of rotatable bonds is 3. The first-order valence-electron chi connectivity index (χ1n) is 5.68. The van der Waals surface area contributed by atoms with Crippen molar-refractivity contribution in [2.45, 2.75) is 6.92 Å². The van der Waals surface area contributed by atoms with Crippen LogP contribution in [-0.4, -0.2) is 27.7 Å². The van der Waals surface area contributed by atoms with E-state index in [-0.39, 0.29) is 0 Å². The Morgan fingerprint density at radius 3 is 2.60 bits per heavy atom. The molecule has 0 saturated heterocycles. The van der Waals surface area contributed by atoms with Crippen molar-refractivity contribution in [2.24, 2.45) is 0 Å². The van der Waals surface area contributed by atoms with Crippen molar-refractivity contribution in [1.82, 2.24) is 9.55 Å². The fourth-order valence-electron chi connectivity index (χ4n) is 1.83. The third-order valence-electron chi connectivity index (χ3n) is 2.84. The molecule has 0 aliphatic carbocycles. The number of nitrogens with one attached hydrogen (secondary N) is 1. The first-order valence-corrected chi connectivity index (χ1v) is 5.68. The molecule has 0 unspecified atom stereocenters. The summed E-state index contributed by atoms with van der Waals surface area (Å²) in [5, 5.41) is 8.92. The number of H-pyrrole nitrogens is 1. The van der Waals surface area contributed by atoms with Gasteiger partial charge in [-0.2, -0.15) is 0 Å². The van der Waals surface area contributed by atoms with E-state index in [1.165, 1.54) is 7.11 Å². The summed E-state index contributed by atoms with van der Waals surface area (Å²) in [6.45, 7) is 1.75. The lowest BCUT2D eigenvalue weighted by Crippen LogP contribution is -2.32. The molecule has 1 aromatic heterocycles. The van der Waals surface area contributed by atoms with Gasteiger partial charge in [-0.25, -0.2) is 9.59 Å². The molecule has 1 heterocycles. The minimum Gasteiger partial charge on any atom is -0.497 e. The van der Waals surface area contributed by atoms with Crippen molar-refractivity contribution in [3.8, 4) is 11.4 Å². The molecule has 2 aromatic rings. The third-order valence-corrected chi connectivity index (χ3v) is 2.84. The van der Waals surface area contributed by atoms with Crippen molar-refractivity contribution in [2.75, 3.05) is 7.11 Å². The second-order valence-electron chi connectivity index (χ2n) is 4.13. The van der Waals surface area contributed by atoms with Crippen LogP contribution in [0.15, 0.2) is 34.0 Å². The highest BCUT2D eigenvalue weighted by molar-refractivity contribution is 5.86. The minimum absolute atomic E-state index is 0.467. The lowest BCUT2D eigenvalue weighted by Gasteiger charge is -2.10. The first-order chi connectivity index (χ1) is 9.43. The summed E-state index contributed by atoms with van der Waals surface area (Å²) in [6, 6.07) is 4.95. The number of carboxylic acids is 1. The molecule has 1 aromatic carbocycles. The van der Waals surface area contributed by atoms with Crippen LogP contribution >= 0.6 is 0 Å². The van der Waals surface area contributed by atoms with Crippen LogP contribution in [0.4, 0.5) is 0 Å². The summed E-state index contributed by atoms with van der Waals surface area (Å²) in [6.07, 6.45) is 1.01. The number of ether oxygens (including phenoxy) is 1. The second kappa shape index (κ2) is 5.04. The van der Waals surface area contributed by atoms with E-state index in [1.54, 1.807) is 25.1 Å². The minimum atomic E-state index is -1.40. The highest BCUT2D eigenvalue weighted by Gasteiger charge is 2.13. The molecule has 0 aliphatic rings. The van der Waals surface area contributed by atoms with E-state index in [9.17, 15) is 14.4 Å². The Morgan fingerprint density at radius 2 is 2.05 bits per heavy atom. The van der Waals surface area contributed by atoms with Crippen LogP contribution in [-0.2, 0) is 0 Å². The third kappa shape index (κ3) is 2.33. The van der Waals surface area contributed by atoms with E-state index in [4.69, 9.17) is 9.84 Å². The number of hydrogen-bond donors (Lipinski definition) is 2. The normalized spacial score (nSPS) is 10.3. The van der Waals surface area contributed by atoms with Crippen LogP contribution in [0.3, 0.4) is 0 Å². The first kappa shape index (κ1) is 13.6. The quantitative estimate of drug-likeness (QED) is 0.852. The monoisotopic (exact) mass is 276 g/mol. The van der Waals surface area contributed by atoms with Gasteiger partial charge >= 0.3 is 11.7 Å². The molecule has 0 bridgehead atoms. The maximum atomic E-state index is 11.8. The summed E-state index contributed by atoms with van der Waals surface area (Å²) in [5.41, 5.74) is -0.956. The molecular formula is C13H12N2O5. The molecule has 0 fully saturated rings. The molecule has 20 heavy (non-hydrogen) atoms. The topological polar surface area (TPSA) is 101 Å². The highest BCUT2D eigenvalue weighted by atomic mass is 16.5. The van der Waals surface area contributed by atoms with Gasteiger partial charge in [0.1, 0.15) is 11.3 Å². The number of nitrogens with zero attached hydrogens (tertiary/aromatic N) is 1. The number of aromatic nitrogens is 2. The van der Waals surface area contributed by atoms with Crippen LogP contribution in [0.25, 0.3) is 5.69 Å². The largest absolute Gasteiger partial charge is 0.497 e. The molecule has 7 heteroatoms. The molecule has 0 aliphatic heterocycles. The van der Waals surface area contributed by atoms with Crippen molar-refractivity contribution in [3.63, 3.8) is 0 Å². The zero-order valence-corrected chi connectivity index (χ0v) is 10.8. The second-order valence-corrected chi connectivity index (χ2v) is 4.13. The van der Waals surface area contributed by atoms with Crippen LogP contribution in [0.2, 0.25) is 0 Å². The zero-order chi connectivity index (χ0) is 14.9. The number of aryl methyl sites for hydroxylation is 1. The molecule has 104 valence electrons. The zero-order valence-electron chi connectivity index (χ0n) is 10.8.